The van der Waals surface area contributed by atoms with Crippen LogP contribution in [0.2, 0.25) is 0 Å². The van der Waals surface area contributed by atoms with Crippen molar-refractivity contribution in [3.05, 3.63) is 0 Å². The van der Waals surface area contributed by atoms with Gasteiger partial charge in [-0.05, 0) is 64.9 Å². The minimum atomic E-state index is 0.772. The zero-order chi connectivity index (χ0) is 12.1. The summed E-state index contributed by atoms with van der Waals surface area (Å²) in [5, 5.41) is 4.60. The van der Waals surface area contributed by atoms with Gasteiger partial charge in [0.1, 0.15) is 0 Å². The van der Waals surface area contributed by atoms with Crippen LogP contribution in [0.25, 0.3) is 0 Å². The molecular formula is C14H28N2S. The Labute approximate surface area is 111 Å². The van der Waals surface area contributed by atoms with Gasteiger partial charge in [0.25, 0.3) is 0 Å². The lowest BCUT2D eigenvalue weighted by molar-refractivity contribution is 0.154. The molecule has 0 aliphatic carbocycles. The van der Waals surface area contributed by atoms with Crippen molar-refractivity contribution in [2.24, 2.45) is 0 Å². The van der Waals surface area contributed by atoms with Gasteiger partial charge in [-0.25, -0.2) is 0 Å². The van der Waals surface area contributed by atoms with Crippen molar-refractivity contribution in [3.8, 4) is 0 Å². The SMILES string of the molecule is CSC1CCN(C(C)CC2CCCCN2)CC1. The van der Waals surface area contributed by atoms with Crippen molar-refractivity contribution >= 4 is 11.8 Å². The number of nitrogens with zero attached hydrogens (tertiary/aromatic N) is 1. The fourth-order valence-electron chi connectivity index (χ4n) is 3.24. The smallest absolute Gasteiger partial charge is 0.00818 e. The number of hydrogen-bond acceptors (Lipinski definition) is 3. The Morgan fingerprint density at radius 1 is 1.24 bits per heavy atom. The van der Waals surface area contributed by atoms with E-state index in [0.717, 1.165) is 17.3 Å². The van der Waals surface area contributed by atoms with Gasteiger partial charge >= 0.3 is 0 Å². The molecule has 1 N–H and O–H groups in total. The van der Waals surface area contributed by atoms with Crippen molar-refractivity contribution in [3.63, 3.8) is 0 Å². The molecule has 2 nitrogen and oxygen atoms in total. The van der Waals surface area contributed by atoms with Gasteiger partial charge in [0.2, 0.25) is 0 Å². The number of thioether (sulfide) groups is 1. The van der Waals surface area contributed by atoms with Crippen molar-refractivity contribution in [1.82, 2.24) is 10.2 Å². The molecule has 0 aromatic carbocycles. The van der Waals surface area contributed by atoms with Crippen LogP contribution in [0.4, 0.5) is 0 Å². The Hall–Kier alpha value is 0.270. The summed E-state index contributed by atoms with van der Waals surface area (Å²) in [6.07, 6.45) is 10.6. The van der Waals surface area contributed by atoms with Crippen LogP contribution in [0.15, 0.2) is 0 Å². The Kier molecular flexibility index (Phi) is 5.64. The van der Waals surface area contributed by atoms with Gasteiger partial charge in [-0.1, -0.05) is 6.42 Å². The molecular weight excluding hydrogens is 228 g/mol. The summed E-state index contributed by atoms with van der Waals surface area (Å²) < 4.78 is 0. The summed E-state index contributed by atoms with van der Waals surface area (Å²) in [5.41, 5.74) is 0. The van der Waals surface area contributed by atoms with Gasteiger partial charge in [-0.2, -0.15) is 11.8 Å². The van der Waals surface area contributed by atoms with Gasteiger partial charge in [0, 0.05) is 17.3 Å². The third-order valence-electron chi connectivity index (χ3n) is 4.47. The Balaban J connectivity index is 1.70. The van der Waals surface area contributed by atoms with Gasteiger partial charge in [0.15, 0.2) is 0 Å². The number of nitrogens with one attached hydrogen (secondary N) is 1. The molecule has 0 aromatic rings. The number of rotatable bonds is 4. The first-order valence-corrected chi connectivity index (χ1v) is 8.58. The van der Waals surface area contributed by atoms with Gasteiger partial charge in [-0.15, -0.1) is 0 Å². The van der Waals surface area contributed by atoms with E-state index in [-0.39, 0.29) is 0 Å². The zero-order valence-electron chi connectivity index (χ0n) is 11.5. The summed E-state index contributed by atoms with van der Waals surface area (Å²) in [4.78, 5) is 2.71. The van der Waals surface area contributed by atoms with Crippen molar-refractivity contribution in [2.75, 3.05) is 25.9 Å². The molecule has 0 bridgehead atoms. The summed E-state index contributed by atoms with van der Waals surface area (Å²) in [6.45, 7) is 6.31. The molecule has 2 aliphatic rings. The molecule has 2 rings (SSSR count). The number of hydrogen-bond donors (Lipinski definition) is 1. The highest BCUT2D eigenvalue weighted by Crippen LogP contribution is 2.24. The fourth-order valence-corrected chi connectivity index (χ4v) is 3.92. The van der Waals surface area contributed by atoms with Crippen LogP contribution in [-0.2, 0) is 0 Å². The lowest BCUT2D eigenvalue weighted by atomic mass is 9.97. The van der Waals surface area contributed by atoms with E-state index >= 15 is 0 Å². The first-order chi connectivity index (χ1) is 8.29. The van der Waals surface area contributed by atoms with E-state index in [2.05, 4.69) is 35.2 Å². The largest absolute Gasteiger partial charge is 0.314 e. The van der Waals surface area contributed by atoms with E-state index in [9.17, 15) is 0 Å². The predicted octanol–water partition coefficient (Wildman–Crippen LogP) is 2.73. The predicted molar refractivity (Wildman–Crippen MR) is 77.8 cm³/mol. The highest BCUT2D eigenvalue weighted by Gasteiger charge is 2.24. The molecule has 2 heterocycles. The Morgan fingerprint density at radius 2 is 2.00 bits per heavy atom. The Bertz CT molecular complexity index is 208. The van der Waals surface area contributed by atoms with E-state index in [1.165, 1.54) is 58.2 Å². The summed E-state index contributed by atoms with van der Waals surface area (Å²) >= 11 is 2.06. The van der Waals surface area contributed by atoms with Crippen LogP contribution in [0.3, 0.4) is 0 Å². The zero-order valence-corrected chi connectivity index (χ0v) is 12.3. The van der Waals surface area contributed by atoms with Crippen LogP contribution < -0.4 is 5.32 Å². The maximum Gasteiger partial charge on any atom is 0.00818 e. The molecule has 100 valence electrons. The minimum Gasteiger partial charge on any atom is -0.314 e. The Morgan fingerprint density at radius 3 is 2.59 bits per heavy atom. The topological polar surface area (TPSA) is 15.3 Å². The minimum absolute atomic E-state index is 0.772. The summed E-state index contributed by atoms with van der Waals surface area (Å²) in [7, 11) is 0. The summed E-state index contributed by atoms with van der Waals surface area (Å²) in [6, 6.07) is 1.56. The van der Waals surface area contributed by atoms with Gasteiger partial charge in [-0.3, -0.25) is 0 Å². The molecule has 17 heavy (non-hydrogen) atoms. The van der Waals surface area contributed by atoms with Crippen molar-refractivity contribution < 1.29 is 0 Å². The quantitative estimate of drug-likeness (QED) is 0.832. The van der Waals surface area contributed by atoms with E-state index in [1.54, 1.807) is 0 Å². The van der Waals surface area contributed by atoms with E-state index in [0.29, 0.717) is 0 Å². The van der Waals surface area contributed by atoms with E-state index < -0.39 is 0 Å². The molecule has 0 radical (unpaired) electrons. The highest BCUT2D eigenvalue weighted by molar-refractivity contribution is 7.99. The molecule has 2 saturated heterocycles. The lowest BCUT2D eigenvalue weighted by Crippen LogP contribution is -2.45. The molecule has 0 aromatic heterocycles. The van der Waals surface area contributed by atoms with Crippen LogP contribution in [-0.4, -0.2) is 48.1 Å². The lowest BCUT2D eigenvalue weighted by Gasteiger charge is -2.37. The standard InChI is InChI=1S/C14H28N2S/c1-12(11-13-5-3-4-8-15-13)16-9-6-14(17-2)7-10-16/h12-15H,3-11H2,1-2H3. The van der Waals surface area contributed by atoms with Crippen LogP contribution >= 0.6 is 11.8 Å². The van der Waals surface area contributed by atoms with Crippen molar-refractivity contribution in [1.29, 1.82) is 0 Å². The molecule has 2 aliphatic heterocycles. The van der Waals surface area contributed by atoms with E-state index in [1.807, 2.05) is 0 Å². The third-order valence-corrected chi connectivity index (χ3v) is 5.61. The average molecular weight is 256 g/mol. The van der Waals surface area contributed by atoms with Crippen LogP contribution in [0.5, 0.6) is 0 Å². The van der Waals surface area contributed by atoms with Crippen LogP contribution in [0, 0.1) is 0 Å². The maximum atomic E-state index is 3.68. The van der Waals surface area contributed by atoms with Crippen LogP contribution in [0.1, 0.15) is 45.4 Å². The fraction of sp³-hybridized carbons (Fsp3) is 1.00. The first kappa shape index (κ1) is 13.7. The second kappa shape index (κ2) is 7.01. The third kappa shape index (κ3) is 4.15. The maximum absolute atomic E-state index is 3.68. The molecule has 0 spiro atoms. The first-order valence-electron chi connectivity index (χ1n) is 7.30. The van der Waals surface area contributed by atoms with Gasteiger partial charge < -0.3 is 10.2 Å². The molecule has 2 atom stereocenters. The normalized spacial score (nSPS) is 30.4. The second-order valence-corrected chi connectivity index (χ2v) is 6.84. The van der Waals surface area contributed by atoms with Gasteiger partial charge in [0.05, 0.1) is 0 Å². The number of piperidine rings is 2. The van der Waals surface area contributed by atoms with E-state index in [4.69, 9.17) is 0 Å². The average Bonchev–Trinajstić information content (AvgIpc) is 2.40. The molecule has 2 fully saturated rings. The second-order valence-electron chi connectivity index (χ2n) is 5.70. The summed E-state index contributed by atoms with van der Waals surface area (Å²) in [5.74, 6) is 0. The molecule has 0 saturated carbocycles. The monoisotopic (exact) mass is 256 g/mol. The highest BCUT2D eigenvalue weighted by atomic mass is 32.2. The molecule has 0 amide bonds. The van der Waals surface area contributed by atoms with Crippen molar-refractivity contribution in [2.45, 2.75) is 62.8 Å². The molecule has 3 heteroatoms. The molecule has 2 unspecified atom stereocenters. The number of likely N-dealkylation sites (tertiary alicyclic amines) is 1.